The molecule has 7 nitrogen and oxygen atoms in total. The molecule has 1 unspecified atom stereocenters. The summed E-state index contributed by atoms with van der Waals surface area (Å²) in [5, 5.41) is 0. The molecule has 1 fully saturated rings. The first-order chi connectivity index (χ1) is 11.2. The van der Waals surface area contributed by atoms with Crippen LogP contribution in [0.1, 0.15) is 16.8 Å². The number of carbonyl (C=O) groups is 1. The predicted octanol–water partition coefficient (Wildman–Crippen LogP) is 0.410. The van der Waals surface area contributed by atoms with E-state index in [1.165, 1.54) is 36.2 Å². The van der Waals surface area contributed by atoms with Crippen LogP contribution in [0, 0.1) is 0 Å². The minimum Gasteiger partial charge on any atom is -0.331 e. The van der Waals surface area contributed by atoms with E-state index in [2.05, 4.69) is 11.3 Å². The third-order valence-electron chi connectivity index (χ3n) is 3.92. The molecule has 132 valence electrons. The third-order valence-corrected chi connectivity index (χ3v) is 7.10. The molecule has 1 aliphatic heterocycles. The predicted molar refractivity (Wildman–Crippen MR) is 91.0 cm³/mol. The van der Waals surface area contributed by atoms with Crippen LogP contribution in [-0.4, -0.2) is 58.8 Å². The van der Waals surface area contributed by atoms with Crippen LogP contribution in [-0.2, 0) is 19.9 Å². The summed E-state index contributed by atoms with van der Waals surface area (Å²) >= 11 is 0. The molecule has 2 rings (SSSR count). The highest BCUT2D eigenvalue weighted by molar-refractivity contribution is 7.91. The summed E-state index contributed by atoms with van der Waals surface area (Å²) in [6.07, 6.45) is 1.94. The second-order valence-electron chi connectivity index (χ2n) is 5.53. The number of hydrogen-bond donors (Lipinski definition) is 1. The van der Waals surface area contributed by atoms with Gasteiger partial charge in [0.2, 0.25) is 10.0 Å². The summed E-state index contributed by atoms with van der Waals surface area (Å²) in [7, 11) is -5.39. The molecule has 0 aliphatic carbocycles. The van der Waals surface area contributed by atoms with Gasteiger partial charge in [-0.1, -0.05) is 6.08 Å². The highest BCUT2D eigenvalue weighted by Crippen LogP contribution is 2.20. The fourth-order valence-electron chi connectivity index (χ4n) is 2.62. The van der Waals surface area contributed by atoms with Crippen molar-refractivity contribution in [1.29, 1.82) is 0 Å². The average molecular weight is 372 g/mol. The summed E-state index contributed by atoms with van der Waals surface area (Å²) in [4.78, 5) is 14.2. The SMILES string of the molecule is C=CCN(C(=O)c1ccc(S(=O)(=O)NC)cc1)C1CCS(=O)(=O)C1. The van der Waals surface area contributed by atoms with Crippen LogP contribution in [0.2, 0.25) is 0 Å². The quantitative estimate of drug-likeness (QED) is 0.729. The van der Waals surface area contributed by atoms with E-state index in [1.54, 1.807) is 6.08 Å². The molecular formula is C15H20N2O5S2. The molecule has 1 N–H and O–H groups in total. The second kappa shape index (κ2) is 7.04. The molecule has 0 saturated carbocycles. The number of hydrogen-bond acceptors (Lipinski definition) is 5. The highest BCUT2D eigenvalue weighted by atomic mass is 32.2. The average Bonchev–Trinajstić information content (AvgIpc) is 2.91. The molecule has 1 atom stereocenters. The van der Waals surface area contributed by atoms with E-state index in [-0.39, 0.29) is 34.9 Å². The van der Waals surface area contributed by atoms with Crippen molar-refractivity contribution in [3.8, 4) is 0 Å². The maximum Gasteiger partial charge on any atom is 0.254 e. The molecule has 9 heteroatoms. The Morgan fingerprint density at radius 3 is 2.46 bits per heavy atom. The summed E-state index contributed by atoms with van der Waals surface area (Å²) in [5.41, 5.74) is 0.302. The standard InChI is InChI=1S/C15H20N2O5S2/c1-3-9-17(13-8-10-23(19,20)11-13)15(18)12-4-6-14(7-5-12)24(21,22)16-2/h3-7,13,16H,1,8-11H2,2H3. The maximum atomic E-state index is 12.7. The van der Waals surface area contributed by atoms with E-state index in [1.807, 2.05) is 0 Å². The van der Waals surface area contributed by atoms with Gasteiger partial charge in [0.05, 0.1) is 16.4 Å². The van der Waals surface area contributed by atoms with Crippen LogP contribution in [0.3, 0.4) is 0 Å². The number of nitrogens with zero attached hydrogens (tertiary/aromatic N) is 1. The van der Waals surface area contributed by atoms with Gasteiger partial charge >= 0.3 is 0 Å². The number of benzene rings is 1. The summed E-state index contributed by atoms with van der Waals surface area (Å²) < 4.78 is 48.9. The van der Waals surface area contributed by atoms with Crippen molar-refractivity contribution in [3.63, 3.8) is 0 Å². The van der Waals surface area contributed by atoms with E-state index >= 15 is 0 Å². The zero-order chi connectivity index (χ0) is 18.0. The van der Waals surface area contributed by atoms with Gasteiger partial charge in [-0.2, -0.15) is 0 Å². The first-order valence-electron chi connectivity index (χ1n) is 7.36. The van der Waals surface area contributed by atoms with Crippen LogP contribution in [0.15, 0.2) is 41.8 Å². The zero-order valence-electron chi connectivity index (χ0n) is 13.3. The molecule has 0 spiro atoms. The molecule has 1 aromatic carbocycles. The van der Waals surface area contributed by atoms with Crippen LogP contribution < -0.4 is 4.72 Å². The van der Waals surface area contributed by atoms with Gasteiger partial charge in [0.15, 0.2) is 9.84 Å². The first-order valence-corrected chi connectivity index (χ1v) is 10.7. The first kappa shape index (κ1) is 18.6. The van der Waals surface area contributed by atoms with Gasteiger partial charge < -0.3 is 4.90 Å². The van der Waals surface area contributed by atoms with Crippen LogP contribution >= 0.6 is 0 Å². The minimum atomic E-state index is -3.57. The smallest absolute Gasteiger partial charge is 0.254 e. The highest BCUT2D eigenvalue weighted by Gasteiger charge is 2.34. The summed E-state index contributed by atoms with van der Waals surface area (Å²) in [6.45, 7) is 3.84. The third kappa shape index (κ3) is 4.03. The van der Waals surface area contributed by atoms with E-state index in [9.17, 15) is 21.6 Å². The molecular weight excluding hydrogens is 352 g/mol. The fraction of sp³-hybridized carbons (Fsp3) is 0.400. The van der Waals surface area contributed by atoms with E-state index in [4.69, 9.17) is 0 Å². The topological polar surface area (TPSA) is 101 Å². The molecule has 24 heavy (non-hydrogen) atoms. The number of rotatable bonds is 6. The molecule has 1 amide bonds. The lowest BCUT2D eigenvalue weighted by Gasteiger charge is -2.27. The van der Waals surface area contributed by atoms with Gasteiger partial charge in [-0.15, -0.1) is 6.58 Å². The molecule has 1 aliphatic rings. The van der Waals surface area contributed by atoms with Gasteiger partial charge in [0.25, 0.3) is 5.91 Å². The Morgan fingerprint density at radius 1 is 1.38 bits per heavy atom. The Bertz CT molecular complexity index is 829. The lowest BCUT2D eigenvalue weighted by Crippen LogP contribution is -2.41. The van der Waals surface area contributed by atoms with E-state index < -0.39 is 19.9 Å². The largest absolute Gasteiger partial charge is 0.331 e. The van der Waals surface area contributed by atoms with Crippen molar-refractivity contribution in [2.75, 3.05) is 25.1 Å². The molecule has 0 radical (unpaired) electrons. The Balaban J connectivity index is 2.26. The summed E-state index contributed by atoms with van der Waals surface area (Å²) in [5.74, 6) is -0.332. The minimum absolute atomic E-state index is 0.0558. The van der Waals surface area contributed by atoms with E-state index in [0.717, 1.165) is 0 Å². The van der Waals surface area contributed by atoms with Crippen molar-refractivity contribution in [1.82, 2.24) is 9.62 Å². The van der Waals surface area contributed by atoms with Gasteiger partial charge in [-0.3, -0.25) is 4.79 Å². The van der Waals surface area contributed by atoms with Crippen molar-refractivity contribution in [3.05, 3.63) is 42.5 Å². The van der Waals surface area contributed by atoms with Gasteiger partial charge in [-0.05, 0) is 37.7 Å². The Labute approximate surface area is 142 Å². The lowest BCUT2D eigenvalue weighted by atomic mass is 10.1. The van der Waals surface area contributed by atoms with Gasteiger partial charge in [-0.25, -0.2) is 21.6 Å². The van der Waals surface area contributed by atoms with Crippen molar-refractivity contribution >= 4 is 25.8 Å². The molecule has 1 saturated heterocycles. The van der Waals surface area contributed by atoms with Crippen LogP contribution in [0.5, 0.6) is 0 Å². The second-order valence-corrected chi connectivity index (χ2v) is 9.65. The normalized spacial score (nSPS) is 19.8. The maximum absolute atomic E-state index is 12.7. The van der Waals surface area contributed by atoms with Crippen molar-refractivity contribution in [2.45, 2.75) is 17.4 Å². The number of amides is 1. The zero-order valence-corrected chi connectivity index (χ0v) is 14.9. The Hall–Kier alpha value is -1.71. The van der Waals surface area contributed by atoms with E-state index in [0.29, 0.717) is 12.0 Å². The van der Waals surface area contributed by atoms with Gasteiger partial charge in [0.1, 0.15) is 0 Å². The number of carbonyl (C=O) groups excluding carboxylic acids is 1. The molecule has 0 bridgehead atoms. The van der Waals surface area contributed by atoms with Crippen molar-refractivity contribution in [2.24, 2.45) is 0 Å². The molecule has 1 aromatic rings. The molecule has 1 heterocycles. The Kier molecular flexibility index (Phi) is 5.46. The van der Waals surface area contributed by atoms with Crippen LogP contribution in [0.4, 0.5) is 0 Å². The number of nitrogens with one attached hydrogen (secondary N) is 1. The number of sulfonamides is 1. The number of sulfone groups is 1. The summed E-state index contributed by atoms with van der Waals surface area (Å²) in [6, 6.07) is 5.15. The van der Waals surface area contributed by atoms with Crippen molar-refractivity contribution < 1.29 is 21.6 Å². The Morgan fingerprint density at radius 2 is 2.00 bits per heavy atom. The molecule has 0 aromatic heterocycles. The lowest BCUT2D eigenvalue weighted by molar-refractivity contribution is 0.0720. The monoisotopic (exact) mass is 372 g/mol. The fourth-order valence-corrected chi connectivity index (χ4v) is 5.08. The van der Waals surface area contributed by atoms with Gasteiger partial charge in [0, 0.05) is 18.2 Å². The van der Waals surface area contributed by atoms with Crippen LogP contribution in [0.25, 0.3) is 0 Å².